The van der Waals surface area contributed by atoms with Gasteiger partial charge in [0.2, 0.25) is 0 Å². The molecule has 0 saturated heterocycles. The number of aryl methyl sites for hydroxylation is 1. The second-order valence-electron chi connectivity index (χ2n) is 2.80. The van der Waals surface area contributed by atoms with Gasteiger partial charge in [0, 0.05) is 12.7 Å². The highest BCUT2D eigenvalue weighted by Gasteiger charge is 2.08. The van der Waals surface area contributed by atoms with Crippen LogP contribution in [-0.4, -0.2) is 15.6 Å². The minimum Gasteiger partial charge on any atom is -0.477 e. The first-order valence-electron chi connectivity index (χ1n) is 4.20. The van der Waals surface area contributed by atoms with Gasteiger partial charge in [-0.25, -0.2) is 4.79 Å². The Morgan fingerprint density at radius 3 is 2.93 bits per heavy atom. The zero-order valence-electron chi connectivity index (χ0n) is 7.64. The van der Waals surface area contributed by atoms with Crippen LogP contribution in [0.1, 0.15) is 16.8 Å². The van der Waals surface area contributed by atoms with Crippen LogP contribution in [0.15, 0.2) is 35.8 Å². The monoisotopic (exact) mass is 193 g/mol. The maximum Gasteiger partial charge on any atom is 0.341 e. The van der Waals surface area contributed by atoms with Gasteiger partial charge in [0.25, 0.3) is 5.56 Å². The van der Waals surface area contributed by atoms with E-state index in [-0.39, 0.29) is 5.56 Å². The third kappa shape index (κ3) is 2.10. The van der Waals surface area contributed by atoms with E-state index in [1.807, 2.05) is 0 Å². The lowest BCUT2D eigenvalue weighted by atomic mass is 10.3. The summed E-state index contributed by atoms with van der Waals surface area (Å²) < 4.78 is 1.37. The fraction of sp³-hybridized carbons (Fsp3) is 0.200. The standard InChI is InChI=1S/C10H11NO3/c1-2-3-6-11-7-4-5-8(9(11)12)10(13)14/h2,4-5,7H,1,3,6H2,(H,13,14). The number of hydrogen-bond donors (Lipinski definition) is 1. The fourth-order valence-electron chi connectivity index (χ4n) is 1.11. The number of carbonyl (C=O) groups is 1. The highest BCUT2D eigenvalue weighted by molar-refractivity contribution is 5.86. The molecule has 74 valence electrons. The van der Waals surface area contributed by atoms with E-state index in [2.05, 4.69) is 6.58 Å². The zero-order valence-corrected chi connectivity index (χ0v) is 7.64. The number of rotatable bonds is 4. The molecule has 14 heavy (non-hydrogen) atoms. The van der Waals surface area contributed by atoms with Gasteiger partial charge in [-0.2, -0.15) is 0 Å². The molecule has 0 saturated carbocycles. The topological polar surface area (TPSA) is 59.3 Å². The van der Waals surface area contributed by atoms with Crippen molar-refractivity contribution in [3.05, 3.63) is 46.9 Å². The van der Waals surface area contributed by atoms with Crippen LogP contribution < -0.4 is 5.56 Å². The Morgan fingerprint density at radius 1 is 1.64 bits per heavy atom. The van der Waals surface area contributed by atoms with Crippen molar-refractivity contribution in [2.75, 3.05) is 0 Å². The molecule has 0 amide bonds. The number of hydrogen-bond acceptors (Lipinski definition) is 2. The van der Waals surface area contributed by atoms with Gasteiger partial charge in [-0.05, 0) is 18.6 Å². The summed E-state index contributed by atoms with van der Waals surface area (Å²) in [6.45, 7) is 3.99. The lowest BCUT2D eigenvalue weighted by Gasteiger charge is -2.03. The van der Waals surface area contributed by atoms with Gasteiger partial charge in [-0.3, -0.25) is 4.79 Å². The van der Waals surface area contributed by atoms with Crippen molar-refractivity contribution in [1.82, 2.24) is 4.57 Å². The molecule has 1 rings (SSSR count). The van der Waals surface area contributed by atoms with Gasteiger partial charge in [0.1, 0.15) is 5.56 Å². The van der Waals surface area contributed by atoms with E-state index in [1.54, 1.807) is 18.3 Å². The molecule has 0 radical (unpaired) electrons. The molecule has 4 heteroatoms. The van der Waals surface area contributed by atoms with Crippen LogP contribution in [0.25, 0.3) is 0 Å². The van der Waals surface area contributed by atoms with Crippen molar-refractivity contribution < 1.29 is 9.90 Å². The van der Waals surface area contributed by atoms with Gasteiger partial charge in [0.05, 0.1) is 0 Å². The highest BCUT2D eigenvalue weighted by Crippen LogP contribution is 1.93. The Hall–Kier alpha value is -1.84. The van der Waals surface area contributed by atoms with Gasteiger partial charge in [-0.1, -0.05) is 6.08 Å². The van der Waals surface area contributed by atoms with Crippen molar-refractivity contribution in [3.8, 4) is 0 Å². The summed E-state index contributed by atoms with van der Waals surface area (Å²) in [4.78, 5) is 22.1. The van der Waals surface area contributed by atoms with Crippen LogP contribution in [-0.2, 0) is 6.54 Å². The number of pyridine rings is 1. The predicted molar refractivity (Wildman–Crippen MR) is 52.5 cm³/mol. The third-order valence-electron chi connectivity index (χ3n) is 1.82. The smallest absolute Gasteiger partial charge is 0.341 e. The van der Waals surface area contributed by atoms with Gasteiger partial charge in [-0.15, -0.1) is 6.58 Å². The van der Waals surface area contributed by atoms with E-state index >= 15 is 0 Å². The summed E-state index contributed by atoms with van der Waals surface area (Å²) in [5, 5.41) is 8.68. The number of aromatic carboxylic acids is 1. The molecular formula is C10H11NO3. The van der Waals surface area contributed by atoms with E-state index in [9.17, 15) is 9.59 Å². The van der Waals surface area contributed by atoms with Gasteiger partial charge >= 0.3 is 5.97 Å². The molecule has 1 N–H and O–H groups in total. The Morgan fingerprint density at radius 2 is 2.36 bits per heavy atom. The lowest BCUT2D eigenvalue weighted by molar-refractivity contribution is 0.0694. The molecule has 0 atom stereocenters. The Kier molecular flexibility index (Phi) is 3.23. The van der Waals surface area contributed by atoms with Crippen molar-refractivity contribution in [2.24, 2.45) is 0 Å². The maximum atomic E-state index is 11.5. The molecule has 0 unspecified atom stereocenters. The van der Waals surface area contributed by atoms with E-state index < -0.39 is 11.5 Å². The zero-order chi connectivity index (χ0) is 10.6. The number of carboxylic acids is 1. The number of allylic oxidation sites excluding steroid dienone is 1. The average molecular weight is 193 g/mol. The summed E-state index contributed by atoms with van der Waals surface area (Å²) in [6.07, 6.45) is 3.89. The van der Waals surface area contributed by atoms with Gasteiger partial charge in [0.15, 0.2) is 0 Å². The SMILES string of the molecule is C=CCCn1cccc(C(=O)O)c1=O. The van der Waals surface area contributed by atoms with Crippen LogP contribution in [0, 0.1) is 0 Å². The van der Waals surface area contributed by atoms with Crippen molar-refractivity contribution in [1.29, 1.82) is 0 Å². The number of aromatic nitrogens is 1. The van der Waals surface area contributed by atoms with Crippen molar-refractivity contribution in [3.63, 3.8) is 0 Å². The average Bonchev–Trinajstić information content (AvgIpc) is 2.16. The third-order valence-corrected chi connectivity index (χ3v) is 1.82. The van der Waals surface area contributed by atoms with Gasteiger partial charge < -0.3 is 9.67 Å². The van der Waals surface area contributed by atoms with E-state index in [0.717, 1.165) is 0 Å². The molecule has 0 aliphatic carbocycles. The van der Waals surface area contributed by atoms with E-state index in [0.29, 0.717) is 13.0 Å². The summed E-state index contributed by atoms with van der Waals surface area (Å²) in [5.74, 6) is -1.19. The summed E-state index contributed by atoms with van der Waals surface area (Å²) in [5.41, 5.74) is -0.668. The maximum absolute atomic E-state index is 11.5. The molecule has 0 bridgehead atoms. The molecule has 0 spiro atoms. The minimum absolute atomic E-state index is 0.198. The van der Waals surface area contributed by atoms with Crippen LogP contribution in [0.5, 0.6) is 0 Å². The van der Waals surface area contributed by atoms with Crippen LogP contribution in [0.3, 0.4) is 0 Å². The quantitative estimate of drug-likeness (QED) is 0.729. The summed E-state index contributed by atoms with van der Waals surface area (Å²) >= 11 is 0. The largest absolute Gasteiger partial charge is 0.477 e. The first-order chi connectivity index (χ1) is 6.66. The van der Waals surface area contributed by atoms with Crippen molar-refractivity contribution >= 4 is 5.97 Å². The molecule has 0 fully saturated rings. The molecule has 1 heterocycles. The Bertz CT molecular complexity index is 406. The fourth-order valence-corrected chi connectivity index (χ4v) is 1.11. The number of carboxylic acid groups (broad SMARTS) is 1. The molecule has 0 aliphatic heterocycles. The van der Waals surface area contributed by atoms with Crippen LogP contribution in [0.2, 0.25) is 0 Å². The van der Waals surface area contributed by atoms with Crippen LogP contribution >= 0.6 is 0 Å². The highest BCUT2D eigenvalue weighted by atomic mass is 16.4. The first-order valence-corrected chi connectivity index (χ1v) is 4.20. The van der Waals surface area contributed by atoms with E-state index in [4.69, 9.17) is 5.11 Å². The Balaban J connectivity index is 3.08. The molecular weight excluding hydrogens is 182 g/mol. The molecule has 0 aromatic carbocycles. The second-order valence-corrected chi connectivity index (χ2v) is 2.80. The number of nitrogens with zero attached hydrogens (tertiary/aromatic N) is 1. The predicted octanol–water partition coefficient (Wildman–Crippen LogP) is 1.12. The normalized spacial score (nSPS) is 9.71. The van der Waals surface area contributed by atoms with Crippen LogP contribution in [0.4, 0.5) is 0 Å². The van der Waals surface area contributed by atoms with Crippen molar-refractivity contribution in [2.45, 2.75) is 13.0 Å². The molecule has 1 aromatic rings. The molecule has 4 nitrogen and oxygen atoms in total. The lowest BCUT2D eigenvalue weighted by Crippen LogP contribution is -2.25. The minimum atomic E-state index is -1.19. The molecule has 1 aromatic heterocycles. The Labute approximate surface area is 81.1 Å². The first kappa shape index (κ1) is 10.2. The van der Waals surface area contributed by atoms with E-state index in [1.165, 1.54) is 10.6 Å². The summed E-state index contributed by atoms with van der Waals surface area (Å²) in [6, 6.07) is 2.85. The second kappa shape index (κ2) is 4.41. The molecule has 0 aliphatic rings. The summed E-state index contributed by atoms with van der Waals surface area (Å²) in [7, 11) is 0.